The molecule has 14 rings (SSSR count). The Labute approximate surface area is 383 Å². The number of benzene rings is 14. The molecule has 0 saturated heterocycles. The zero-order valence-electron chi connectivity index (χ0n) is 36.1. The van der Waals surface area contributed by atoms with E-state index >= 15 is 0 Å². The first-order chi connectivity index (χ1) is 32.7. The zero-order chi connectivity index (χ0) is 43.3. The molecular formula is C66H40. The summed E-state index contributed by atoms with van der Waals surface area (Å²) in [6.07, 6.45) is 0. The van der Waals surface area contributed by atoms with E-state index in [0.29, 0.717) is 0 Å². The maximum Gasteiger partial charge on any atom is -0.00203 e. The van der Waals surface area contributed by atoms with E-state index in [1.165, 1.54) is 142 Å². The van der Waals surface area contributed by atoms with Gasteiger partial charge in [0, 0.05) is 0 Å². The van der Waals surface area contributed by atoms with E-state index < -0.39 is 0 Å². The first-order valence-electron chi connectivity index (χ1n) is 23.0. The van der Waals surface area contributed by atoms with Crippen LogP contribution in [0.5, 0.6) is 0 Å². The minimum absolute atomic E-state index is 1.19. The molecule has 14 aromatic rings. The van der Waals surface area contributed by atoms with Crippen LogP contribution in [-0.2, 0) is 0 Å². The van der Waals surface area contributed by atoms with Crippen molar-refractivity contribution in [3.63, 3.8) is 0 Å². The van der Waals surface area contributed by atoms with Crippen molar-refractivity contribution in [1.29, 1.82) is 0 Å². The van der Waals surface area contributed by atoms with Crippen LogP contribution >= 0.6 is 0 Å². The lowest BCUT2D eigenvalue weighted by Crippen LogP contribution is -1.90. The fourth-order valence-corrected chi connectivity index (χ4v) is 11.2. The van der Waals surface area contributed by atoms with Crippen LogP contribution in [0.3, 0.4) is 0 Å². The second-order valence-electron chi connectivity index (χ2n) is 18.0. The lowest BCUT2D eigenvalue weighted by Gasteiger charge is -2.17. The van der Waals surface area contributed by atoms with Crippen molar-refractivity contribution in [1.82, 2.24) is 0 Å². The third-order valence-electron chi connectivity index (χ3n) is 14.4. The van der Waals surface area contributed by atoms with Gasteiger partial charge in [-0.1, -0.05) is 224 Å². The van der Waals surface area contributed by atoms with E-state index in [2.05, 4.69) is 243 Å². The van der Waals surface area contributed by atoms with Crippen molar-refractivity contribution in [3.05, 3.63) is 243 Å². The van der Waals surface area contributed by atoms with Crippen LogP contribution < -0.4 is 0 Å². The average molecular weight is 833 g/mol. The van der Waals surface area contributed by atoms with Crippen molar-refractivity contribution in [3.8, 4) is 66.8 Å². The Morgan fingerprint density at radius 3 is 1.06 bits per heavy atom. The third-order valence-corrected chi connectivity index (χ3v) is 14.4. The number of hydrogen-bond donors (Lipinski definition) is 0. The summed E-state index contributed by atoms with van der Waals surface area (Å²) in [4.78, 5) is 0. The Morgan fingerprint density at radius 1 is 0.152 bits per heavy atom. The van der Waals surface area contributed by atoms with Gasteiger partial charge in [-0.2, -0.15) is 0 Å². The Hall–Kier alpha value is -8.58. The van der Waals surface area contributed by atoms with Crippen LogP contribution in [-0.4, -0.2) is 0 Å². The molecule has 0 aromatic heterocycles. The predicted molar refractivity (Wildman–Crippen MR) is 284 cm³/mol. The molecule has 304 valence electrons. The first kappa shape index (κ1) is 36.9. The van der Waals surface area contributed by atoms with Crippen molar-refractivity contribution in [2.24, 2.45) is 0 Å². The van der Waals surface area contributed by atoms with Crippen molar-refractivity contribution < 1.29 is 0 Å². The Morgan fingerprint density at radius 2 is 0.500 bits per heavy atom. The molecule has 0 aliphatic carbocycles. The smallest absolute Gasteiger partial charge is 0.00203 e. The molecule has 66 heavy (non-hydrogen) atoms. The van der Waals surface area contributed by atoms with Gasteiger partial charge in [0.2, 0.25) is 0 Å². The van der Waals surface area contributed by atoms with E-state index in [1.807, 2.05) is 0 Å². The highest BCUT2D eigenvalue weighted by atomic mass is 14.2. The lowest BCUT2D eigenvalue weighted by molar-refractivity contribution is 1.56. The van der Waals surface area contributed by atoms with Gasteiger partial charge >= 0.3 is 0 Å². The molecule has 0 unspecified atom stereocenters. The predicted octanol–water partition coefficient (Wildman–Crippen LogP) is 18.6. The number of hydrogen-bond acceptors (Lipinski definition) is 0. The van der Waals surface area contributed by atoms with Gasteiger partial charge < -0.3 is 0 Å². The highest BCUT2D eigenvalue weighted by Gasteiger charge is 2.17. The average Bonchev–Trinajstić information content (AvgIpc) is 3.39. The largest absolute Gasteiger partial charge is 0.0622 e. The Bertz CT molecular complexity index is 4150. The normalized spacial score (nSPS) is 11.9. The Balaban J connectivity index is 0.848. The summed E-state index contributed by atoms with van der Waals surface area (Å²) in [6, 6.07) is 90.4. The quantitative estimate of drug-likeness (QED) is 0.146. The highest BCUT2D eigenvalue weighted by Crippen LogP contribution is 2.45. The maximum atomic E-state index is 2.36. The molecular weight excluding hydrogens is 793 g/mol. The summed E-state index contributed by atoms with van der Waals surface area (Å²) >= 11 is 0. The van der Waals surface area contributed by atoms with Gasteiger partial charge in [-0.25, -0.2) is 0 Å². The molecule has 0 saturated carbocycles. The molecule has 0 N–H and O–H groups in total. The molecule has 0 fully saturated rings. The van der Waals surface area contributed by atoms with Crippen LogP contribution in [0.25, 0.3) is 142 Å². The lowest BCUT2D eigenvalue weighted by atomic mass is 9.86. The summed E-state index contributed by atoms with van der Waals surface area (Å²) in [5.41, 5.74) is 14.7. The van der Waals surface area contributed by atoms with Crippen LogP contribution in [0.2, 0.25) is 0 Å². The van der Waals surface area contributed by atoms with Gasteiger partial charge in [-0.3, -0.25) is 0 Å². The summed E-state index contributed by atoms with van der Waals surface area (Å²) in [5, 5.41) is 18.2. The molecule has 0 aliphatic heterocycles. The first-order valence-corrected chi connectivity index (χ1v) is 23.0. The van der Waals surface area contributed by atoms with Gasteiger partial charge in [0.15, 0.2) is 0 Å². The van der Waals surface area contributed by atoms with Crippen molar-refractivity contribution >= 4 is 75.4 Å². The molecule has 0 heteroatoms. The molecule has 0 bridgehead atoms. The fourth-order valence-electron chi connectivity index (χ4n) is 11.2. The van der Waals surface area contributed by atoms with Crippen molar-refractivity contribution in [2.75, 3.05) is 0 Å². The van der Waals surface area contributed by atoms with E-state index in [-0.39, 0.29) is 0 Å². The van der Waals surface area contributed by atoms with Gasteiger partial charge in [0.25, 0.3) is 0 Å². The van der Waals surface area contributed by atoms with E-state index in [4.69, 9.17) is 0 Å². The second kappa shape index (κ2) is 14.5. The standard InChI is InChI=1S/C66H40/c1-2-8-41(9-3-1)52-38-53(42-16-20-45(21-17-42)56-32-26-49-25-24-47-12-6-13-48-29-35-60(56)64(49)63(47)48)40-54(39-52)43-18-22-46(23-19-43)57-33-27-50-31-37-62-59(34-28-51-30-36-61(57)65(50)66(51)62)58-15-7-11-44-10-4-5-14-55(44)58/h1-40H. The summed E-state index contributed by atoms with van der Waals surface area (Å²) < 4.78 is 0. The molecule has 0 atom stereocenters. The minimum atomic E-state index is 1.19. The topological polar surface area (TPSA) is 0 Å². The molecule has 0 amide bonds. The third kappa shape index (κ3) is 5.72. The van der Waals surface area contributed by atoms with Crippen molar-refractivity contribution in [2.45, 2.75) is 0 Å². The SMILES string of the molecule is c1ccc(-c2cc(-c3ccc(-c4ccc5ccc6cccc7ccc4c5c67)cc3)cc(-c3ccc(-c4ccc5ccc6c(-c7cccc8ccccc78)ccc7ccc4c5c76)cc3)c2)cc1. The molecule has 0 nitrogen and oxygen atoms in total. The molecule has 14 aromatic carbocycles. The summed E-state index contributed by atoms with van der Waals surface area (Å²) in [6.45, 7) is 0. The van der Waals surface area contributed by atoms with Gasteiger partial charge in [-0.05, 0) is 160 Å². The molecule has 0 aliphatic rings. The molecule has 0 radical (unpaired) electrons. The fraction of sp³-hybridized carbons (Fsp3) is 0. The van der Waals surface area contributed by atoms with Crippen LogP contribution in [0, 0.1) is 0 Å². The van der Waals surface area contributed by atoms with Gasteiger partial charge in [0.05, 0.1) is 0 Å². The number of rotatable bonds is 6. The van der Waals surface area contributed by atoms with Gasteiger partial charge in [-0.15, -0.1) is 0 Å². The highest BCUT2D eigenvalue weighted by molar-refractivity contribution is 6.28. The minimum Gasteiger partial charge on any atom is -0.0622 e. The van der Waals surface area contributed by atoms with Gasteiger partial charge in [0.1, 0.15) is 0 Å². The summed E-state index contributed by atoms with van der Waals surface area (Å²) in [7, 11) is 0. The monoisotopic (exact) mass is 832 g/mol. The van der Waals surface area contributed by atoms with E-state index in [9.17, 15) is 0 Å². The second-order valence-corrected chi connectivity index (χ2v) is 18.0. The molecule has 0 spiro atoms. The van der Waals surface area contributed by atoms with Crippen LogP contribution in [0.1, 0.15) is 0 Å². The number of fused-ring (bicyclic) bond motifs is 1. The molecule has 0 heterocycles. The van der Waals surface area contributed by atoms with E-state index in [1.54, 1.807) is 0 Å². The maximum absolute atomic E-state index is 2.36. The van der Waals surface area contributed by atoms with E-state index in [0.717, 1.165) is 0 Å². The Kier molecular flexibility index (Phi) is 8.08. The van der Waals surface area contributed by atoms with Crippen LogP contribution in [0.4, 0.5) is 0 Å². The van der Waals surface area contributed by atoms with Crippen LogP contribution in [0.15, 0.2) is 243 Å². The zero-order valence-corrected chi connectivity index (χ0v) is 36.1. The summed E-state index contributed by atoms with van der Waals surface area (Å²) in [5.74, 6) is 0.